The Labute approximate surface area is 203 Å². The SMILES string of the molecule is CN=C(NCC(=O)NCc1ccc(OC)cc1)NC1CCN(c2c(F)cccc2F)C1.I. The van der Waals surface area contributed by atoms with Crippen LogP contribution in [0.1, 0.15) is 12.0 Å². The molecule has 3 rings (SSSR count). The van der Waals surface area contributed by atoms with Gasteiger partial charge in [-0.25, -0.2) is 8.78 Å². The van der Waals surface area contributed by atoms with Gasteiger partial charge in [-0.3, -0.25) is 9.79 Å². The molecule has 1 aliphatic rings. The van der Waals surface area contributed by atoms with Crippen LogP contribution >= 0.6 is 24.0 Å². The number of carbonyl (C=O) groups excluding carboxylic acids is 1. The monoisotopic (exact) mass is 559 g/mol. The van der Waals surface area contributed by atoms with Gasteiger partial charge in [0.1, 0.15) is 23.1 Å². The van der Waals surface area contributed by atoms with Crippen LogP contribution in [0.4, 0.5) is 14.5 Å². The van der Waals surface area contributed by atoms with E-state index in [-0.39, 0.29) is 48.2 Å². The van der Waals surface area contributed by atoms with Gasteiger partial charge in [-0.2, -0.15) is 0 Å². The summed E-state index contributed by atoms with van der Waals surface area (Å²) in [5.41, 5.74) is 0.954. The summed E-state index contributed by atoms with van der Waals surface area (Å²) in [6.07, 6.45) is 0.693. The maximum absolute atomic E-state index is 14.0. The van der Waals surface area contributed by atoms with Gasteiger partial charge in [0.25, 0.3) is 0 Å². The quantitative estimate of drug-likeness (QED) is 0.277. The normalized spacial score (nSPS) is 15.7. The Morgan fingerprint density at radius 3 is 2.47 bits per heavy atom. The number of benzene rings is 2. The van der Waals surface area contributed by atoms with Gasteiger partial charge in [0.05, 0.1) is 13.7 Å². The fourth-order valence-electron chi connectivity index (χ4n) is 3.43. The Kier molecular flexibility index (Phi) is 9.95. The van der Waals surface area contributed by atoms with Crippen molar-refractivity contribution in [1.29, 1.82) is 0 Å². The molecule has 32 heavy (non-hydrogen) atoms. The number of hydrogen-bond donors (Lipinski definition) is 3. The lowest BCUT2D eigenvalue weighted by molar-refractivity contribution is -0.120. The molecule has 0 bridgehead atoms. The highest BCUT2D eigenvalue weighted by Gasteiger charge is 2.27. The number of hydrogen-bond acceptors (Lipinski definition) is 4. The summed E-state index contributed by atoms with van der Waals surface area (Å²) < 4.78 is 33.1. The summed E-state index contributed by atoms with van der Waals surface area (Å²) >= 11 is 0. The van der Waals surface area contributed by atoms with Crippen LogP contribution in [0, 0.1) is 11.6 Å². The second-order valence-electron chi connectivity index (χ2n) is 7.20. The Hall–Kier alpha value is -2.63. The van der Waals surface area contributed by atoms with Crippen molar-refractivity contribution in [3.63, 3.8) is 0 Å². The van der Waals surface area contributed by atoms with Crippen LogP contribution in [-0.4, -0.2) is 51.7 Å². The van der Waals surface area contributed by atoms with Crippen molar-refractivity contribution in [2.45, 2.75) is 19.0 Å². The molecule has 1 aliphatic heterocycles. The zero-order valence-electron chi connectivity index (χ0n) is 18.0. The van der Waals surface area contributed by atoms with E-state index < -0.39 is 11.6 Å². The molecule has 0 aliphatic carbocycles. The number of ether oxygens (including phenoxy) is 1. The molecular weight excluding hydrogens is 531 g/mol. The molecule has 10 heteroatoms. The molecule has 3 N–H and O–H groups in total. The highest BCUT2D eigenvalue weighted by Crippen LogP contribution is 2.26. The lowest BCUT2D eigenvalue weighted by Crippen LogP contribution is -2.47. The average Bonchev–Trinajstić information content (AvgIpc) is 3.23. The van der Waals surface area contributed by atoms with Gasteiger partial charge in [-0.15, -0.1) is 24.0 Å². The minimum absolute atomic E-state index is 0. The molecule has 1 amide bonds. The van der Waals surface area contributed by atoms with Crippen molar-refractivity contribution in [3.8, 4) is 5.75 Å². The van der Waals surface area contributed by atoms with Gasteiger partial charge < -0.3 is 25.6 Å². The molecule has 1 atom stereocenters. The topological polar surface area (TPSA) is 78.0 Å². The molecule has 2 aromatic carbocycles. The fourth-order valence-corrected chi connectivity index (χ4v) is 3.43. The van der Waals surface area contributed by atoms with E-state index in [1.807, 2.05) is 24.3 Å². The molecule has 0 spiro atoms. The van der Waals surface area contributed by atoms with Crippen LogP contribution in [0.25, 0.3) is 0 Å². The van der Waals surface area contributed by atoms with Gasteiger partial charge >= 0.3 is 0 Å². The Balaban J connectivity index is 0.00000363. The first-order valence-corrected chi connectivity index (χ1v) is 10.1. The molecule has 1 fully saturated rings. The summed E-state index contributed by atoms with van der Waals surface area (Å²) in [5.74, 6) is -0.107. The van der Waals surface area contributed by atoms with Crippen molar-refractivity contribution < 1.29 is 18.3 Å². The Bertz CT molecular complexity index is 907. The molecule has 0 radical (unpaired) electrons. The number of nitrogens with one attached hydrogen (secondary N) is 3. The third kappa shape index (κ3) is 6.94. The summed E-state index contributed by atoms with van der Waals surface area (Å²) in [6.45, 7) is 1.41. The van der Waals surface area contributed by atoms with E-state index in [0.717, 1.165) is 11.3 Å². The van der Waals surface area contributed by atoms with Crippen LogP contribution in [0.3, 0.4) is 0 Å². The number of carbonyl (C=O) groups is 1. The van der Waals surface area contributed by atoms with Gasteiger partial charge in [0, 0.05) is 32.7 Å². The van der Waals surface area contributed by atoms with Crippen molar-refractivity contribution in [2.75, 3.05) is 38.7 Å². The number of rotatable bonds is 7. The van der Waals surface area contributed by atoms with Gasteiger partial charge in [-0.1, -0.05) is 18.2 Å². The number of halogens is 3. The molecule has 1 saturated heterocycles. The van der Waals surface area contributed by atoms with E-state index in [2.05, 4.69) is 20.9 Å². The lowest BCUT2D eigenvalue weighted by atomic mass is 10.2. The third-order valence-electron chi connectivity index (χ3n) is 5.07. The van der Waals surface area contributed by atoms with E-state index in [1.54, 1.807) is 19.1 Å². The maximum atomic E-state index is 14.0. The summed E-state index contributed by atoms with van der Waals surface area (Å²) in [6, 6.07) is 11.3. The van der Waals surface area contributed by atoms with Crippen molar-refractivity contribution in [1.82, 2.24) is 16.0 Å². The van der Waals surface area contributed by atoms with Crippen LogP contribution in [0.2, 0.25) is 0 Å². The summed E-state index contributed by atoms with van der Waals surface area (Å²) in [5, 5.41) is 9.01. The van der Waals surface area contributed by atoms with E-state index in [4.69, 9.17) is 4.74 Å². The van der Waals surface area contributed by atoms with Crippen LogP contribution in [0.5, 0.6) is 5.75 Å². The van der Waals surface area contributed by atoms with E-state index >= 15 is 0 Å². The van der Waals surface area contributed by atoms with E-state index in [1.165, 1.54) is 18.2 Å². The maximum Gasteiger partial charge on any atom is 0.239 e. The van der Waals surface area contributed by atoms with Crippen molar-refractivity contribution in [3.05, 3.63) is 59.7 Å². The van der Waals surface area contributed by atoms with E-state index in [9.17, 15) is 13.6 Å². The van der Waals surface area contributed by atoms with Gasteiger partial charge in [0.15, 0.2) is 5.96 Å². The van der Waals surface area contributed by atoms with Crippen LogP contribution in [0.15, 0.2) is 47.5 Å². The predicted molar refractivity (Wildman–Crippen MR) is 132 cm³/mol. The second kappa shape index (κ2) is 12.4. The first kappa shape index (κ1) is 25.6. The zero-order chi connectivity index (χ0) is 22.2. The molecule has 0 saturated carbocycles. The number of para-hydroxylation sites is 1. The average molecular weight is 559 g/mol. The number of aliphatic imine (C=N–C) groups is 1. The van der Waals surface area contributed by atoms with E-state index in [0.29, 0.717) is 32.0 Å². The summed E-state index contributed by atoms with van der Waals surface area (Å²) in [7, 11) is 3.21. The predicted octanol–water partition coefficient (Wildman–Crippen LogP) is 2.65. The smallest absolute Gasteiger partial charge is 0.239 e. The number of amides is 1. The second-order valence-corrected chi connectivity index (χ2v) is 7.20. The standard InChI is InChI=1S/C22H27F2N5O2.HI/c1-25-22(27-13-20(30)26-12-15-6-8-17(31-2)9-7-15)28-16-10-11-29(14-16)21-18(23)4-3-5-19(21)24;/h3-9,16H,10-14H2,1-2H3,(H,26,30)(H2,25,27,28);1H. The minimum Gasteiger partial charge on any atom is -0.497 e. The molecule has 7 nitrogen and oxygen atoms in total. The fraction of sp³-hybridized carbons (Fsp3) is 0.364. The highest BCUT2D eigenvalue weighted by atomic mass is 127. The van der Waals surface area contributed by atoms with Crippen LogP contribution in [-0.2, 0) is 11.3 Å². The van der Waals surface area contributed by atoms with Crippen LogP contribution < -0.4 is 25.6 Å². The van der Waals surface area contributed by atoms with Crippen molar-refractivity contribution in [2.24, 2.45) is 4.99 Å². The molecular formula is C22H28F2IN5O2. The number of methoxy groups -OCH3 is 1. The minimum atomic E-state index is -0.573. The molecule has 2 aromatic rings. The lowest BCUT2D eigenvalue weighted by Gasteiger charge is -2.21. The first-order chi connectivity index (χ1) is 15.0. The number of guanidine groups is 1. The summed E-state index contributed by atoms with van der Waals surface area (Å²) in [4.78, 5) is 17.9. The number of anilines is 1. The molecule has 1 unspecified atom stereocenters. The Morgan fingerprint density at radius 1 is 1.16 bits per heavy atom. The molecule has 0 aromatic heterocycles. The Morgan fingerprint density at radius 2 is 1.84 bits per heavy atom. The number of nitrogens with zero attached hydrogens (tertiary/aromatic N) is 2. The molecule has 174 valence electrons. The third-order valence-corrected chi connectivity index (χ3v) is 5.07. The molecule has 1 heterocycles. The van der Waals surface area contributed by atoms with Gasteiger partial charge in [-0.05, 0) is 36.2 Å². The zero-order valence-corrected chi connectivity index (χ0v) is 20.4. The van der Waals surface area contributed by atoms with Gasteiger partial charge in [0.2, 0.25) is 5.91 Å². The first-order valence-electron chi connectivity index (χ1n) is 10.1. The van der Waals surface area contributed by atoms with Crippen molar-refractivity contribution >= 4 is 41.5 Å². The highest BCUT2D eigenvalue weighted by molar-refractivity contribution is 14.0. The largest absolute Gasteiger partial charge is 0.497 e.